The van der Waals surface area contributed by atoms with E-state index in [-0.39, 0.29) is 36.6 Å². The molecule has 2 N–H and O–H groups in total. The zero-order chi connectivity index (χ0) is 17.5. The van der Waals surface area contributed by atoms with Gasteiger partial charge in [0.05, 0.1) is 25.2 Å². The van der Waals surface area contributed by atoms with Crippen LogP contribution < -0.4 is 10.6 Å². The number of hydrogen-bond acceptors (Lipinski definition) is 3. The molecule has 0 amide bonds. The van der Waals surface area contributed by atoms with Gasteiger partial charge in [0, 0.05) is 31.9 Å². The summed E-state index contributed by atoms with van der Waals surface area (Å²) in [5, 5.41) is 9.80. The Morgan fingerprint density at radius 3 is 2.50 bits per heavy atom. The van der Waals surface area contributed by atoms with E-state index in [2.05, 4.69) is 20.7 Å². The van der Waals surface area contributed by atoms with Crippen molar-refractivity contribution in [3.05, 3.63) is 18.0 Å². The number of aliphatic imine (C=N–C) groups is 1. The summed E-state index contributed by atoms with van der Waals surface area (Å²) in [5.41, 5.74) is 1.01. The maximum Gasteiger partial charge on any atom is 0.390 e. The van der Waals surface area contributed by atoms with Crippen molar-refractivity contribution >= 4 is 29.9 Å². The molecular weight excluding hydrogens is 436 g/mol. The van der Waals surface area contributed by atoms with Gasteiger partial charge in [-0.05, 0) is 21.0 Å². The first-order valence-electron chi connectivity index (χ1n) is 7.47. The first-order valence-corrected chi connectivity index (χ1v) is 7.47. The molecule has 0 radical (unpaired) electrons. The van der Waals surface area contributed by atoms with Crippen LogP contribution in [0.25, 0.3) is 0 Å². The number of aryl methyl sites for hydroxylation is 1. The summed E-state index contributed by atoms with van der Waals surface area (Å²) in [5.74, 6) is 0.382. The Balaban J connectivity index is 0.00000529. The standard InChI is InChI=1S/C14H25F3N6.HI/c1-5-18-13(19-7-6-14(15,16)17)20-9-12(22(2)3)11-8-21-23(4)10-11;/h8,10,12H,5-7,9H2,1-4H3,(H2,18,19,20);1H. The van der Waals surface area contributed by atoms with Gasteiger partial charge < -0.3 is 15.5 Å². The lowest BCUT2D eigenvalue weighted by atomic mass is 10.1. The highest BCUT2D eigenvalue weighted by Gasteiger charge is 2.26. The van der Waals surface area contributed by atoms with E-state index in [0.29, 0.717) is 19.0 Å². The molecule has 0 saturated carbocycles. The Hall–Kier alpha value is -1.04. The average Bonchev–Trinajstić information content (AvgIpc) is 2.83. The highest BCUT2D eigenvalue weighted by atomic mass is 127. The number of rotatable bonds is 7. The van der Waals surface area contributed by atoms with E-state index in [4.69, 9.17) is 0 Å². The minimum absolute atomic E-state index is 0. The molecule has 0 aliphatic carbocycles. The van der Waals surface area contributed by atoms with E-state index in [1.165, 1.54) is 0 Å². The van der Waals surface area contributed by atoms with Gasteiger partial charge in [0.15, 0.2) is 5.96 Å². The summed E-state index contributed by atoms with van der Waals surface area (Å²) in [4.78, 5) is 6.39. The maximum atomic E-state index is 12.2. The van der Waals surface area contributed by atoms with Gasteiger partial charge in [-0.3, -0.25) is 9.67 Å². The van der Waals surface area contributed by atoms with Crippen molar-refractivity contribution in [1.29, 1.82) is 0 Å². The maximum absolute atomic E-state index is 12.2. The predicted molar refractivity (Wildman–Crippen MR) is 99.7 cm³/mol. The molecule has 1 aromatic heterocycles. The molecule has 1 aromatic rings. The van der Waals surface area contributed by atoms with E-state index in [1.807, 2.05) is 39.2 Å². The van der Waals surface area contributed by atoms with Crippen LogP contribution in [0, 0.1) is 0 Å². The van der Waals surface area contributed by atoms with Gasteiger partial charge >= 0.3 is 6.18 Å². The third-order valence-electron chi connectivity index (χ3n) is 3.20. The van der Waals surface area contributed by atoms with Gasteiger partial charge in [0.25, 0.3) is 0 Å². The van der Waals surface area contributed by atoms with Crippen molar-refractivity contribution in [1.82, 2.24) is 25.3 Å². The lowest BCUT2D eigenvalue weighted by Crippen LogP contribution is -2.39. The van der Waals surface area contributed by atoms with E-state index in [0.717, 1.165) is 5.56 Å². The van der Waals surface area contributed by atoms with Crippen molar-refractivity contribution in [3.8, 4) is 0 Å². The second-order valence-electron chi connectivity index (χ2n) is 5.44. The number of guanidine groups is 1. The van der Waals surface area contributed by atoms with E-state index in [1.54, 1.807) is 10.9 Å². The largest absolute Gasteiger partial charge is 0.390 e. The summed E-state index contributed by atoms with van der Waals surface area (Å²) < 4.78 is 38.4. The summed E-state index contributed by atoms with van der Waals surface area (Å²) in [6.45, 7) is 2.66. The van der Waals surface area contributed by atoms with Crippen molar-refractivity contribution in [2.45, 2.75) is 25.6 Å². The molecular formula is C14H26F3IN6. The Morgan fingerprint density at radius 2 is 2.04 bits per heavy atom. The van der Waals surface area contributed by atoms with Crippen LogP contribution in [0.4, 0.5) is 13.2 Å². The molecule has 0 fully saturated rings. The summed E-state index contributed by atoms with van der Waals surface area (Å²) in [6.07, 6.45) is -1.39. The lowest BCUT2D eigenvalue weighted by Gasteiger charge is -2.22. The molecule has 10 heteroatoms. The van der Waals surface area contributed by atoms with Crippen LogP contribution in [0.15, 0.2) is 17.4 Å². The SMILES string of the molecule is CCNC(=NCC(c1cnn(C)c1)N(C)C)NCCC(F)(F)F.I. The van der Waals surface area contributed by atoms with Gasteiger partial charge in [-0.25, -0.2) is 0 Å². The Morgan fingerprint density at radius 1 is 1.38 bits per heavy atom. The Labute approximate surface area is 157 Å². The van der Waals surface area contributed by atoms with Crippen molar-refractivity contribution in [3.63, 3.8) is 0 Å². The molecule has 1 heterocycles. The number of hydrogen-bond donors (Lipinski definition) is 2. The van der Waals surface area contributed by atoms with Crippen LogP contribution in [0.5, 0.6) is 0 Å². The van der Waals surface area contributed by atoms with Crippen molar-refractivity contribution in [2.24, 2.45) is 12.0 Å². The van der Waals surface area contributed by atoms with Gasteiger partial charge in [-0.15, -0.1) is 24.0 Å². The number of alkyl halides is 3. The third kappa shape index (κ3) is 8.71. The second-order valence-corrected chi connectivity index (χ2v) is 5.44. The number of aromatic nitrogens is 2. The van der Waals surface area contributed by atoms with Gasteiger partial charge in [-0.2, -0.15) is 18.3 Å². The zero-order valence-electron chi connectivity index (χ0n) is 14.4. The Bertz CT molecular complexity index is 501. The summed E-state index contributed by atoms with van der Waals surface area (Å²) >= 11 is 0. The fraction of sp³-hybridized carbons (Fsp3) is 0.714. The van der Waals surface area contributed by atoms with Crippen LogP contribution in [0.1, 0.15) is 24.9 Å². The molecule has 1 atom stereocenters. The topological polar surface area (TPSA) is 57.5 Å². The van der Waals surface area contributed by atoms with Crippen LogP contribution in [0.2, 0.25) is 0 Å². The summed E-state index contributed by atoms with van der Waals surface area (Å²) in [6, 6.07) is 0.00164. The minimum atomic E-state index is -4.17. The molecule has 0 spiro atoms. The fourth-order valence-electron chi connectivity index (χ4n) is 2.02. The molecule has 0 aliphatic rings. The molecule has 24 heavy (non-hydrogen) atoms. The number of halogens is 4. The van der Waals surface area contributed by atoms with E-state index < -0.39 is 12.6 Å². The predicted octanol–water partition coefficient (Wildman–Crippen LogP) is 2.15. The Kier molecular flexibility index (Phi) is 10.3. The molecule has 0 aromatic carbocycles. The third-order valence-corrected chi connectivity index (χ3v) is 3.20. The quantitative estimate of drug-likeness (QED) is 0.371. The molecule has 0 aliphatic heterocycles. The average molecular weight is 462 g/mol. The van der Waals surface area contributed by atoms with E-state index >= 15 is 0 Å². The molecule has 1 unspecified atom stereocenters. The van der Waals surface area contributed by atoms with Crippen LogP contribution in [-0.4, -0.2) is 60.5 Å². The van der Waals surface area contributed by atoms with Crippen LogP contribution >= 0.6 is 24.0 Å². The fourth-order valence-corrected chi connectivity index (χ4v) is 2.02. The first kappa shape index (κ1) is 23.0. The van der Waals surface area contributed by atoms with Crippen LogP contribution in [-0.2, 0) is 7.05 Å². The molecule has 0 bridgehead atoms. The lowest BCUT2D eigenvalue weighted by molar-refractivity contribution is -0.132. The second kappa shape index (κ2) is 10.7. The van der Waals surface area contributed by atoms with Crippen molar-refractivity contribution < 1.29 is 13.2 Å². The molecule has 0 saturated heterocycles. The zero-order valence-corrected chi connectivity index (χ0v) is 16.7. The number of likely N-dealkylation sites (N-methyl/N-ethyl adjacent to an activating group) is 1. The molecule has 1 rings (SSSR count). The smallest absolute Gasteiger partial charge is 0.357 e. The normalized spacial score (nSPS) is 13.6. The van der Waals surface area contributed by atoms with E-state index in [9.17, 15) is 13.2 Å². The highest BCUT2D eigenvalue weighted by Crippen LogP contribution is 2.19. The monoisotopic (exact) mass is 462 g/mol. The van der Waals surface area contributed by atoms with Crippen molar-refractivity contribution in [2.75, 3.05) is 33.7 Å². The molecule has 6 nitrogen and oxygen atoms in total. The minimum Gasteiger partial charge on any atom is -0.357 e. The number of nitrogens with one attached hydrogen (secondary N) is 2. The van der Waals surface area contributed by atoms with Gasteiger partial charge in [0.1, 0.15) is 0 Å². The first-order chi connectivity index (χ1) is 10.7. The van der Waals surface area contributed by atoms with Gasteiger partial charge in [-0.1, -0.05) is 0 Å². The molecule has 140 valence electrons. The van der Waals surface area contributed by atoms with Gasteiger partial charge in [0.2, 0.25) is 0 Å². The number of nitrogens with zero attached hydrogens (tertiary/aromatic N) is 4. The highest BCUT2D eigenvalue weighted by molar-refractivity contribution is 14.0. The summed E-state index contributed by atoms with van der Waals surface area (Å²) in [7, 11) is 5.69. The van der Waals surface area contributed by atoms with Crippen LogP contribution in [0.3, 0.4) is 0 Å².